The maximum atomic E-state index is 10.3. The van der Waals surface area contributed by atoms with Gasteiger partial charge in [0.15, 0.2) is 0 Å². The van der Waals surface area contributed by atoms with Crippen molar-refractivity contribution >= 4 is 21.6 Å². The summed E-state index contributed by atoms with van der Waals surface area (Å²) in [6, 6.07) is -0.851. The van der Waals surface area contributed by atoms with Gasteiger partial charge in [0.2, 0.25) is 0 Å². The molecule has 1 rings (SSSR count). The van der Waals surface area contributed by atoms with Gasteiger partial charge in [-0.15, -0.1) is 0 Å². The van der Waals surface area contributed by atoms with Gasteiger partial charge in [-0.25, -0.2) is 14.1 Å². The number of carboxylic acid groups (broad SMARTS) is 1. The number of aliphatic carboxylic acids is 1. The molecule has 0 aliphatic rings. The number of phosphoric acid groups is 2. The summed E-state index contributed by atoms with van der Waals surface area (Å²) in [6.45, 7) is 0. The number of aromatic amines is 1. The summed E-state index contributed by atoms with van der Waals surface area (Å²) in [4.78, 5) is 47.8. The van der Waals surface area contributed by atoms with E-state index in [1.54, 1.807) is 6.20 Å². The molecule has 1 atom stereocenters. The molecule has 12 nitrogen and oxygen atoms in total. The topological polar surface area (TPSA) is 216 Å². The van der Waals surface area contributed by atoms with Crippen LogP contribution in [0, 0.1) is 0 Å². The van der Waals surface area contributed by atoms with Gasteiger partial charge in [-0.1, -0.05) is 0 Å². The normalized spacial score (nSPS) is 13.2. The maximum absolute atomic E-state index is 10.3. The maximum Gasteiger partial charge on any atom is 0.478 e. The predicted octanol–water partition coefficient (Wildman–Crippen LogP) is -1.45. The van der Waals surface area contributed by atoms with Crippen molar-refractivity contribution in [2.75, 3.05) is 0 Å². The molecule has 0 spiro atoms. The molecule has 1 unspecified atom stereocenters. The van der Waals surface area contributed by atoms with Crippen LogP contribution in [0.15, 0.2) is 12.5 Å². The Kier molecular flexibility index (Phi) is 7.20. The minimum absolute atomic E-state index is 0.287. The van der Waals surface area contributed by atoms with Gasteiger partial charge in [0.25, 0.3) is 0 Å². The fraction of sp³-hybridized carbons (Fsp3) is 0.333. The third-order valence-electron chi connectivity index (χ3n) is 1.52. The van der Waals surface area contributed by atoms with E-state index in [0.717, 1.165) is 5.69 Å². The molecular weight excluding hydrogens is 320 g/mol. The molecule has 0 aromatic carbocycles. The number of rotatable bonds is 5. The van der Waals surface area contributed by atoms with Crippen LogP contribution < -0.4 is 5.73 Å². The van der Waals surface area contributed by atoms with Gasteiger partial charge >= 0.3 is 21.6 Å². The Morgan fingerprint density at radius 2 is 1.85 bits per heavy atom. The third-order valence-corrected chi connectivity index (χ3v) is 3.23. The summed E-state index contributed by atoms with van der Waals surface area (Å²) in [5.74, 6) is -1.00. The van der Waals surface area contributed by atoms with E-state index < -0.39 is 27.7 Å². The third kappa shape index (κ3) is 10.8. The Balaban J connectivity index is 0.000000370. The van der Waals surface area contributed by atoms with Crippen molar-refractivity contribution in [2.24, 2.45) is 5.73 Å². The van der Waals surface area contributed by atoms with E-state index in [-0.39, 0.29) is 6.42 Å². The Morgan fingerprint density at radius 3 is 2.10 bits per heavy atom. The molecule has 0 bridgehead atoms. The highest BCUT2D eigenvalue weighted by atomic mass is 31.3. The number of carboxylic acids is 1. The molecule has 0 amide bonds. The molecule has 0 saturated carbocycles. The van der Waals surface area contributed by atoms with Crippen LogP contribution in [0.25, 0.3) is 0 Å². The summed E-state index contributed by atoms with van der Waals surface area (Å²) in [6.07, 6.45) is 3.34. The van der Waals surface area contributed by atoms with Gasteiger partial charge in [0.1, 0.15) is 6.04 Å². The smallest absolute Gasteiger partial charge is 0.478 e. The molecular formula is C6H13N3O9P2. The fourth-order valence-corrected chi connectivity index (χ4v) is 1.97. The summed E-state index contributed by atoms with van der Waals surface area (Å²) < 4.78 is 22.2. The Bertz CT molecular complexity index is 486. The number of hydrogen-bond donors (Lipinski definition) is 7. The van der Waals surface area contributed by atoms with Crippen molar-refractivity contribution in [2.45, 2.75) is 12.5 Å². The van der Waals surface area contributed by atoms with E-state index in [1.165, 1.54) is 6.33 Å². The second kappa shape index (κ2) is 7.62. The quantitative estimate of drug-likeness (QED) is 0.309. The molecule has 0 radical (unpaired) electrons. The second-order valence-corrected chi connectivity index (χ2v) is 5.90. The molecule has 20 heavy (non-hydrogen) atoms. The van der Waals surface area contributed by atoms with Crippen molar-refractivity contribution in [1.29, 1.82) is 0 Å². The van der Waals surface area contributed by atoms with E-state index in [0.29, 0.717) is 0 Å². The van der Waals surface area contributed by atoms with Crippen LogP contribution in [0.5, 0.6) is 0 Å². The molecule has 116 valence electrons. The van der Waals surface area contributed by atoms with Gasteiger partial charge in [-0.05, 0) is 0 Å². The first-order valence-corrected chi connectivity index (χ1v) is 7.75. The zero-order chi connectivity index (χ0) is 16.0. The van der Waals surface area contributed by atoms with Crippen molar-refractivity contribution in [3.63, 3.8) is 0 Å². The highest BCUT2D eigenvalue weighted by Crippen LogP contribution is 2.53. The Morgan fingerprint density at radius 1 is 1.35 bits per heavy atom. The van der Waals surface area contributed by atoms with E-state index in [9.17, 15) is 13.9 Å². The molecule has 1 aromatic rings. The van der Waals surface area contributed by atoms with Crippen LogP contribution in [-0.4, -0.2) is 46.7 Å². The zero-order valence-corrected chi connectivity index (χ0v) is 11.5. The monoisotopic (exact) mass is 333 g/mol. The minimum atomic E-state index is -5.05. The summed E-state index contributed by atoms with van der Waals surface area (Å²) >= 11 is 0. The SMILES string of the molecule is NC(Cc1cnc[nH]1)C(=O)O.O=P(O)(O)OP(=O)(O)O. The summed E-state index contributed by atoms with van der Waals surface area (Å²) in [5.41, 5.74) is 6.00. The lowest BCUT2D eigenvalue weighted by atomic mass is 10.2. The Labute approximate surface area is 112 Å². The van der Waals surface area contributed by atoms with E-state index in [2.05, 4.69) is 14.3 Å². The molecule has 14 heteroatoms. The molecule has 0 aliphatic carbocycles. The number of hydrogen-bond acceptors (Lipinski definition) is 6. The van der Waals surface area contributed by atoms with Gasteiger partial charge in [0, 0.05) is 18.3 Å². The Hall–Kier alpha value is -1.10. The number of imidazole rings is 1. The molecule has 0 saturated heterocycles. The van der Waals surface area contributed by atoms with Crippen molar-refractivity contribution in [1.82, 2.24) is 9.97 Å². The van der Waals surface area contributed by atoms with E-state index in [1.807, 2.05) is 0 Å². The van der Waals surface area contributed by atoms with E-state index in [4.69, 9.17) is 30.4 Å². The first-order chi connectivity index (χ1) is 8.91. The molecule has 1 heterocycles. The van der Waals surface area contributed by atoms with E-state index >= 15 is 0 Å². The van der Waals surface area contributed by atoms with Crippen molar-refractivity contribution in [3.05, 3.63) is 18.2 Å². The van der Waals surface area contributed by atoms with Crippen LogP contribution in [0.4, 0.5) is 0 Å². The summed E-state index contributed by atoms with van der Waals surface area (Å²) in [5, 5.41) is 8.42. The number of nitrogens with one attached hydrogen (secondary N) is 1. The number of nitrogens with zero attached hydrogens (tertiary/aromatic N) is 1. The lowest BCUT2D eigenvalue weighted by Gasteiger charge is -2.03. The average molecular weight is 333 g/mol. The highest BCUT2D eigenvalue weighted by molar-refractivity contribution is 7.60. The van der Waals surface area contributed by atoms with Crippen LogP contribution in [0.1, 0.15) is 5.69 Å². The number of aromatic nitrogens is 2. The van der Waals surface area contributed by atoms with Gasteiger partial charge in [-0.2, -0.15) is 4.31 Å². The van der Waals surface area contributed by atoms with Crippen molar-refractivity contribution < 1.29 is 42.9 Å². The van der Waals surface area contributed by atoms with Crippen LogP contribution in [0.3, 0.4) is 0 Å². The largest absolute Gasteiger partial charge is 0.480 e. The number of H-pyrrole nitrogens is 1. The van der Waals surface area contributed by atoms with Gasteiger partial charge in [0.05, 0.1) is 6.33 Å². The van der Waals surface area contributed by atoms with Crippen LogP contribution in [-0.2, 0) is 24.7 Å². The number of nitrogens with two attached hydrogens (primary N) is 1. The van der Waals surface area contributed by atoms with Crippen molar-refractivity contribution in [3.8, 4) is 0 Å². The molecule has 0 aliphatic heterocycles. The standard InChI is InChI=1S/C6H9N3O2.H4O7P2/c7-5(6(10)11)1-4-2-8-3-9-4;1-8(2,3)7-9(4,5)6/h2-3,5H,1,7H2,(H,8,9)(H,10,11);(H2,1,2,3)(H2,4,5,6). The average Bonchev–Trinajstić information content (AvgIpc) is 2.64. The lowest BCUT2D eigenvalue weighted by Crippen LogP contribution is -2.32. The number of carbonyl (C=O) groups is 1. The molecule has 8 N–H and O–H groups in total. The summed E-state index contributed by atoms with van der Waals surface area (Å²) in [7, 11) is -10.1. The zero-order valence-electron chi connectivity index (χ0n) is 9.73. The minimum Gasteiger partial charge on any atom is -0.480 e. The van der Waals surface area contributed by atoms with Crippen LogP contribution >= 0.6 is 15.6 Å². The first-order valence-electron chi connectivity index (χ1n) is 4.69. The lowest BCUT2D eigenvalue weighted by molar-refractivity contribution is -0.138. The first kappa shape index (κ1) is 18.9. The molecule has 0 fully saturated rings. The second-order valence-electron chi connectivity index (χ2n) is 3.29. The van der Waals surface area contributed by atoms with Gasteiger partial charge < -0.3 is 35.4 Å². The van der Waals surface area contributed by atoms with Gasteiger partial charge in [-0.3, -0.25) is 4.79 Å². The predicted molar refractivity (Wildman–Crippen MR) is 63.1 cm³/mol. The molecule has 1 aromatic heterocycles. The highest BCUT2D eigenvalue weighted by Gasteiger charge is 2.27. The van der Waals surface area contributed by atoms with Crippen LogP contribution in [0.2, 0.25) is 0 Å². The fourth-order valence-electron chi connectivity index (χ4n) is 0.859.